The fourth-order valence-electron chi connectivity index (χ4n) is 2.61. The monoisotopic (exact) mass is 403 g/mol. The molecule has 0 heterocycles. The molecule has 0 saturated carbocycles. The second kappa shape index (κ2) is 9.48. The molecular formula is C20H25N3O4S. The van der Waals surface area contributed by atoms with Crippen LogP contribution in [0, 0.1) is 0 Å². The Bertz CT molecular complexity index is 929. The highest BCUT2D eigenvalue weighted by atomic mass is 32.2. The van der Waals surface area contributed by atoms with Crippen molar-refractivity contribution in [3.8, 4) is 0 Å². The highest BCUT2D eigenvalue weighted by molar-refractivity contribution is 7.89. The number of anilines is 1. The Kier molecular flexibility index (Phi) is 7.31. The minimum atomic E-state index is -3.77. The van der Waals surface area contributed by atoms with Gasteiger partial charge in [0.1, 0.15) is 0 Å². The first kappa shape index (κ1) is 21.6. The molecule has 2 amide bonds. The number of amides is 2. The molecule has 7 nitrogen and oxygen atoms in total. The molecule has 8 heteroatoms. The van der Waals surface area contributed by atoms with Gasteiger partial charge >= 0.3 is 0 Å². The number of para-hydroxylation sites is 1. The summed E-state index contributed by atoms with van der Waals surface area (Å²) in [5.74, 6) is -0.814. The standard InChI is InChI=1S/C20H25N3O4S/c1-4-16-10-8-9-13-18(16)21-19(24)14-22(2)20(25)15-23(3)28(26,27)17-11-6-5-7-12-17/h5-13H,4,14-15H2,1-3H3,(H,21,24). The van der Waals surface area contributed by atoms with Crippen molar-refractivity contribution >= 4 is 27.5 Å². The van der Waals surface area contributed by atoms with Crippen LogP contribution in [0.1, 0.15) is 12.5 Å². The summed E-state index contributed by atoms with van der Waals surface area (Å²) in [6.07, 6.45) is 0.771. The van der Waals surface area contributed by atoms with Gasteiger partial charge in [0.2, 0.25) is 21.8 Å². The first-order valence-corrected chi connectivity index (χ1v) is 10.3. The summed E-state index contributed by atoms with van der Waals surface area (Å²) in [5.41, 5.74) is 1.71. The first-order chi connectivity index (χ1) is 13.3. The lowest BCUT2D eigenvalue weighted by molar-refractivity contribution is -0.133. The van der Waals surface area contributed by atoms with Crippen molar-refractivity contribution in [1.29, 1.82) is 0 Å². The van der Waals surface area contributed by atoms with Crippen LogP contribution in [-0.2, 0) is 26.0 Å². The summed E-state index contributed by atoms with van der Waals surface area (Å²) in [5, 5.41) is 2.79. The molecular weight excluding hydrogens is 378 g/mol. The van der Waals surface area contributed by atoms with Crippen LogP contribution in [0.5, 0.6) is 0 Å². The topological polar surface area (TPSA) is 86.8 Å². The number of nitrogens with one attached hydrogen (secondary N) is 1. The van der Waals surface area contributed by atoms with Crippen molar-refractivity contribution in [3.63, 3.8) is 0 Å². The van der Waals surface area contributed by atoms with Gasteiger partial charge in [-0.3, -0.25) is 9.59 Å². The molecule has 150 valence electrons. The Morgan fingerprint density at radius 1 is 0.929 bits per heavy atom. The van der Waals surface area contributed by atoms with Gasteiger partial charge in [-0.25, -0.2) is 8.42 Å². The molecule has 0 aliphatic heterocycles. The number of rotatable bonds is 8. The van der Waals surface area contributed by atoms with Crippen LogP contribution in [0.25, 0.3) is 0 Å². The summed E-state index contributed by atoms with van der Waals surface area (Å²) in [6, 6.07) is 15.3. The maximum Gasteiger partial charge on any atom is 0.243 e. The van der Waals surface area contributed by atoms with E-state index in [0.717, 1.165) is 16.3 Å². The van der Waals surface area contributed by atoms with Gasteiger partial charge in [-0.1, -0.05) is 43.3 Å². The lowest BCUT2D eigenvalue weighted by Crippen LogP contribution is -2.42. The molecule has 28 heavy (non-hydrogen) atoms. The Balaban J connectivity index is 1.96. The van der Waals surface area contributed by atoms with E-state index in [-0.39, 0.29) is 23.9 Å². The normalized spacial score (nSPS) is 11.3. The number of hydrogen-bond donors (Lipinski definition) is 1. The minimum Gasteiger partial charge on any atom is -0.335 e. The van der Waals surface area contributed by atoms with E-state index in [1.807, 2.05) is 25.1 Å². The van der Waals surface area contributed by atoms with Crippen molar-refractivity contribution in [2.45, 2.75) is 18.2 Å². The van der Waals surface area contributed by atoms with E-state index in [1.165, 1.54) is 31.1 Å². The summed E-state index contributed by atoms with van der Waals surface area (Å²) in [4.78, 5) is 26.0. The summed E-state index contributed by atoms with van der Waals surface area (Å²) in [6.45, 7) is 1.46. The molecule has 0 atom stereocenters. The lowest BCUT2D eigenvalue weighted by Gasteiger charge is -2.22. The van der Waals surface area contributed by atoms with Crippen LogP contribution in [0.3, 0.4) is 0 Å². The minimum absolute atomic E-state index is 0.113. The van der Waals surface area contributed by atoms with E-state index in [0.29, 0.717) is 5.69 Å². The molecule has 0 radical (unpaired) electrons. The van der Waals surface area contributed by atoms with Gasteiger partial charge in [0.05, 0.1) is 18.0 Å². The number of carbonyl (C=O) groups excluding carboxylic acids is 2. The van der Waals surface area contributed by atoms with Gasteiger partial charge in [0.15, 0.2) is 0 Å². The maximum absolute atomic E-state index is 12.5. The van der Waals surface area contributed by atoms with Crippen molar-refractivity contribution in [2.24, 2.45) is 0 Å². The van der Waals surface area contributed by atoms with Crippen LogP contribution in [0.2, 0.25) is 0 Å². The van der Waals surface area contributed by atoms with Gasteiger partial charge in [-0.05, 0) is 30.2 Å². The Morgan fingerprint density at radius 3 is 2.18 bits per heavy atom. The molecule has 2 aromatic carbocycles. The van der Waals surface area contributed by atoms with Gasteiger partial charge in [-0.2, -0.15) is 4.31 Å². The number of nitrogens with zero attached hydrogens (tertiary/aromatic N) is 2. The second-order valence-corrected chi connectivity index (χ2v) is 8.43. The van der Waals surface area contributed by atoms with E-state index in [1.54, 1.807) is 24.3 Å². The number of benzene rings is 2. The second-order valence-electron chi connectivity index (χ2n) is 6.38. The van der Waals surface area contributed by atoms with Gasteiger partial charge in [-0.15, -0.1) is 0 Å². The number of sulfonamides is 1. The molecule has 2 rings (SSSR count). The van der Waals surface area contributed by atoms with Crippen molar-refractivity contribution in [2.75, 3.05) is 32.5 Å². The molecule has 1 N–H and O–H groups in total. The van der Waals surface area contributed by atoms with Crippen LogP contribution < -0.4 is 5.32 Å². The van der Waals surface area contributed by atoms with Gasteiger partial charge in [0.25, 0.3) is 0 Å². The molecule has 0 saturated heterocycles. The fraction of sp³-hybridized carbons (Fsp3) is 0.300. The average molecular weight is 404 g/mol. The fourth-order valence-corrected chi connectivity index (χ4v) is 3.75. The SMILES string of the molecule is CCc1ccccc1NC(=O)CN(C)C(=O)CN(C)S(=O)(=O)c1ccccc1. The number of hydrogen-bond acceptors (Lipinski definition) is 4. The van der Waals surface area contributed by atoms with E-state index in [9.17, 15) is 18.0 Å². The molecule has 0 aromatic heterocycles. The third-order valence-corrected chi connectivity index (χ3v) is 6.11. The zero-order valence-electron chi connectivity index (χ0n) is 16.3. The Hall–Kier alpha value is -2.71. The van der Waals surface area contributed by atoms with Crippen LogP contribution in [-0.4, -0.2) is 56.6 Å². The largest absolute Gasteiger partial charge is 0.335 e. The van der Waals surface area contributed by atoms with Gasteiger partial charge in [0, 0.05) is 19.8 Å². The third-order valence-electron chi connectivity index (χ3n) is 4.29. The highest BCUT2D eigenvalue weighted by Gasteiger charge is 2.24. The van der Waals surface area contributed by atoms with E-state index < -0.39 is 15.9 Å². The average Bonchev–Trinajstić information content (AvgIpc) is 2.68. The molecule has 0 spiro atoms. The zero-order chi connectivity index (χ0) is 20.7. The lowest BCUT2D eigenvalue weighted by atomic mass is 10.1. The van der Waals surface area contributed by atoms with Crippen LogP contribution in [0.4, 0.5) is 5.69 Å². The van der Waals surface area contributed by atoms with Crippen molar-refractivity contribution < 1.29 is 18.0 Å². The third kappa shape index (κ3) is 5.40. The molecule has 0 fully saturated rings. The van der Waals surface area contributed by atoms with Crippen molar-refractivity contribution in [1.82, 2.24) is 9.21 Å². The van der Waals surface area contributed by atoms with E-state index >= 15 is 0 Å². The molecule has 0 aliphatic rings. The quantitative estimate of drug-likeness (QED) is 0.730. The molecule has 0 aliphatic carbocycles. The predicted molar refractivity (Wildman–Crippen MR) is 108 cm³/mol. The summed E-state index contributed by atoms with van der Waals surface area (Å²) in [7, 11) is -0.961. The highest BCUT2D eigenvalue weighted by Crippen LogP contribution is 2.16. The number of likely N-dealkylation sites (N-methyl/N-ethyl adjacent to an activating group) is 2. The Labute approximate surface area is 166 Å². The zero-order valence-corrected chi connectivity index (χ0v) is 17.1. The van der Waals surface area contributed by atoms with Crippen LogP contribution in [0.15, 0.2) is 59.5 Å². The van der Waals surface area contributed by atoms with E-state index in [4.69, 9.17) is 0 Å². The summed E-state index contributed by atoms with van der Waals surface area (Å²) >= 11 is 0. The molecule has 2 aromatic rings. The maximum atomic E-state index is 12.5. The molecule has 0 unspecified atom stereocenters. The van der Waals surface area contributed by atoms with Gasteiger partial charge < -0.3 is 10.2 Å². The van der Waals surface area contributed by atoms with E-state index in [2.05, 4.69) is 5.32 Å². The molecule has 0 bridgehead atoms. The van der Waals surface area contributed by atoms with Crippen molar-refractivity contribution in [3.05, 3.63) is 60.2 Å². The smallest absolute Gasteiger partial charge is 0.243 e. The first-order valence-electron chi connectivity index (χ1n) is 8.88. The Morgan fingerprint density at radius 2 is 1.54 bits per heavy atom. The van der Waals surface area contributed by atoms with Crippen LogP contribution >= 0.6 is 0 Å². The number of carbonyl (C=O) groups is 2. The summed E-state index contributed by atoms with van der Waals surface area (Å²) < 4.78 is 26.0. The predicted octanol–water partition coefficient (Wildman–Crippen LogP) is 1.97. The number of aryl methyl sites for hydroxylation is 1.